The van der Waals surface area contributed by atoms with Gasteiger partial charge in [0.25, 0.3) is 0 Å². The normalized spacial score (nSPS) is 23.8. The lowest BCUT2D eigenvalue weighted by atomic mass is 9.99. The fourth-order valence-corrected chi connectivity index (χ4v) is 5.19. The lowest BCUT2D eigenvalue weighted by Gasteiger charge is -2.23. The van der Waals surface area contributed by atoms with Crippen LogP contribution in [0.5, 0.6) is 0 Å². The maximum atomic E-state index is 13.8. The van der Waals surface area contributed by atoms with Gasteiger partial charge in [-0.2, -0.15) is 10.5 Å². The molecule has 2 fully saturated rings. The van der Waals surface area contributed by atoms with E-state index in [0.29, 0.717) is 23.9 Å². The minimum absolute atomic E-state index is 0.0158. The van der Waals surface area contributed by atoms with Crippen molar-refractivity contribution in [1.29, 1.82) is 10.5 Å². The first-order valence-corrected chi connectivity index (χ1v) is 10.1. The average Bonchev–Trinajstić information content (AvgIpc) is 3.44. The lowest BCUT2D eigenvalue weighted by molar-refractivity contribution is -0.124. The molecule has 2 aromatic rings. The maximum Gasteiger partial charge on any atom is 0.238 e. The Hall–Kier alpha value is -2.74. The third-order valence-electron chi connectivity index (χ3n) is 5.56. The molecule has 1 aromatic carbocycles. The van der Waals surface area contributed by atoms with Gasteiger partial charge in [-0.05, 0) is 55.0 Å². The van der Waals surface area contributed by atoms with Gasteiger partial charge in [0.1, 0.15) is 17.9 Å². The predicted octanol–water partition coefficient (Wildman–Crippen LogP) is 3.12. The first kappa shape index (κ1) is 18.6. The third kappa shape index (κ3) is 3.64. The molecule has 0 radical (unpaired) electrons. The Morgan fingerprint density at radius 2 is 2.18 bits per heavy atom. The molecule has 2 heterocycles. The number of amides is 1. The van der Waals surface area contributed by atoms with Crippen LogP contribution in [0.15, 0.2) is 30.3 Å². The number of nitriles is 2. The van der Waals surface area contributed by atoms with Crippen LogP contribution in [0.25, 0.3) is 10.4 Å². The van der Waals surface area contributed by atoms with Gasteiger partial charge in [-0.25, -0.2) is 4.39 Å². The van der Waals surface area contributed by atoms with Gasteiger partial charge in [0.15, 0.2) is 0 Å². The number of carbonyl (C=O) groups is 1. The maximum absolute atomic E-state index is 13.8. The van der Waals surface area contributed by atoms with Gasteiger partial charge < -0.3 is 10.6 Å². The molecule has 5 nitrogen and oxygen atoms in total. The quantitative estimate of drug-likeness (QED) is 0.816. The van der Waals surface area contributed by atoms with E-state index < -0.39 is 11.9 Å². The third-order valence-corrected chi connectivity index (χ3v) is 6.71. The SMILES string of the molecule is N#Cc1ccc(-c2ccc(C[C@@H](C#N)NC(=O)[C@H]3N[C@@H]4CC[C@H]3C4)s2)cc1F. The first-order chi connectivity index (χ1) is 13.6. The number of nitrogens with one attached hydrogen (secondary N) is 2. The van der Waals surface area contributed by atoms with E-state index in [-0.39, 0.29) is 17.5 Å². The van der Waals surface area contributed by atoms with Crippen molar-refractivity contribution in [3.8, 4) is 22.6 Å². The molecule has 4 atom stereocenters. The van der Waals surface area contributed by atoms with Gasteiger partial charge in [0, 0.05) is 22.2 Å². The fraction of sp³-hybridized carbons (Fsp3) is 0.381. The zero-order chi connectivity index (χ0) is 19.7. The second-order valence-corrected chi connectivity index (χ2v) is 8.55. The number of fused-ring (bicyclic) bond motifs is 2. The Morgan fingerprint density at radius 1 is 1.32 bits per heavy atom. The molecule has 2 bridgehead atoms. The van der Waals surface area contributed by atoms with Crippen LogP contribution in [0.1, 0.15) is 29.7 Å². The van der Waals surface area contributed by atoms with Gasteiger partial charge in [-0.1, -0.05) is 6.07 Å². The van der Waals surface area contributed by atoms with E-state index in [1.807, 2.05) is 18.2 Å². The minimum Gasteiger partial charge on any atom is -0.339 e. The standard InChI is InChI=1S/C21H19FN4OS/c22-18-8-12(1-2-14(18)10-23)19-6-5-17(28-19)9-16(11-24)26-21(27)20-13-3-4-15(7-13)25-20/h1-2,5-6,8,13,15-16,20,25H,3-4,7,9H2,(H,26,27)/t13-,15+,16-,20-/m0/s1. The molecule has 1 saturated heterocycles. The molecule has 2 N–H and O–H groups in total. The highest BCUT2D eigenvalue weighted by Crippen LogP contribution is 2.35. The number of hydrogen-bond donors (Lipinski definition) is 2. The van der Waals surface area contributed by atoms with E-state index in [1.54, 1.807) is 6.07 Å². The number of carbonyl (C=O) groups excluding carboxylic acids is 1. The molecule has 1 saturated carbocycles. The zero-order valence-corrected chi connectivity index (χ0v) is 15.9. The molecule has 1 amide bonds. The van der Waals surface area contributed by atoms with Gasteiger partial charge >= 0.3 is 0 Å². The summed E-state index contributed by atoms with van der Waals surface area (Å²) in [6, 6.07) is 11.9. The predicted molar refractivity (Wildman–Crippen MR) is 104 cm³/mol. The summed E-state index contributed by atoms with van der Waals surface area (Å²) in [6.45, 7) is 0. The number of nitrogens with zero attached hydrogens (tertiary/aromatic N) is 2. The Morgan fingerprint density at radius 3 is 2.82 bits per heavy atom. The summed E-state index contributed by atoms with van der Waals surface area (Å²) >= 11 is 1.46. The second kappa shape index (κ2) is 7.71. The van der Waals surface area contributed by atoms with E-state index in [2.05, 4.69) is 16.7 Å². The Labute approximate surface area is 166 Å². The van der Waals surface area contributed by atoms with Gasteiger partial charge in [-0.15, -0.1) is 11.3 Å². The van der Waals surface area contributed by atoms with Gasteiger partial charge in [0.2, 0.25) is 5.91 Å². The van der Waals surface area contributed by atoms with Crippen LogP contribution in [-0.2, 0) is 11.2 Å². The second-order valence-electron chi connectivity index (χ2n) is 7.38. The lowest BCUT2D eigenvalue weighted by Crippen LogP contribution is -2.50. The smallest absolute Gasteiger partial charge is 0.238 e. The molecule has 1 aliphatic carbocycles. The Balaban J connectivity index is 1.41. The van der Waals surface area contributed by atoms with Crippen molar-refractivity contribution in [3.05, 3.63) is 46.6 Å². The zero-order valence-electron chi connectivity index (χ0n) is 15.1. The largest absolute Gasteiger partial charge is 0.339 e. The molecule has 4 rings (SSSR count). The minimum atomic E-state index is -0.599. The van der Waals surface area contributed by atoms with Crippen LogP contribution in [0.3, 0.4) is 0 Å². The number of piperidine rings is 1. The van der Waals surface area contributed by atoms with Crippen LogP contribution < -0.4 is 10.6 Å². The summed E-state index contributed by atoms with van der Waals surface area (Å²) in [5.41, 5.74) is 0.707. The van der Waals surface area contributed by atoms with Crippen molar-refractivity contribution in [2.75, 3.05) is 0 Å². The van der Waals surface area contributed by atoms with Crippen LogP contribution in [-0.4, -0.2) is 24.0 Å². The number of halogens is 1. The highest BCUT2D eigenvalue weighted by molar-refractivity contribution is 7.15. The highest BCUT2D eigenvalue weighted by atomic mass is 32.1. The van der Waals surface area contributed by atoms with Crippen LogP contribution in [0.2, 0.25) is 0 Å². The van der Waals surface area contributed by atoms with Gasteiger partial charge in [0.05, 0.1) is 17.7 Å². The fourth-order valence-electron chi connectivity index (χ4n) is 4.14. The summed E-state index contributed by atoms with van der Waals surface area (Å²) in [4.78, 5) is 14.3. The van der Waals surface area contributed by atoms with Gasteiger partial charge in [-0.3, -0.25) is 4.79 Å². The van der Waals surface area contributed by atoms with Crippen molar-refractivity contribution in [2.45, 2.75) is 43.8 Å². The number of hydrogen-bond acceptors (Lipinski definition) is 5. The molecule has 0 unspecified atom stereocenters. The van der Waals surface area contributed by atoms with E-state index in [9.17, 15) is 14.4 Å². The Kier molecular flexibility index (Phi) is 5.13. The van der Waals surface area contributed by atoms with Crippen molar-refractivity contribution in [3.63, 3.8) is 0 Å². The monoisotopic (exact) mass is 394 g/mol. The molecule has 2 aliphatic rings. The van der Waals surface area contributed by atoms with Crippen molar-refractivity contribution < 1.29 is 9.18 Å². The number of thiophene rings is 1. The summed E-state index contributed by atoms with van der Waals surface area (Å²) in [6.07, 6.45) is 3.66. The molecule has 7 heteroatoms. The Bertz CT molecular complexity index is 989. The molecule has 142 valence electrons. The topological polar surface area (TPSA) is 88.7 Å². The highest BCUT2D eigenvalue weighted by Gasteiger charge is 2.43. The molecule has 28 heavy (non-hydrogen) atoms. The molecule has 1 aromatic heterocycles. The summed E-state index contributed by atoms with van der Waals surface area (Å²) in [7, 11) is 0. The van der Waals surface area contributed by atoms with Crippen LogP contribution in [0, 0.1) is 34.4 Å². The molecular formula is C21H19FN4OS. The first-order valence-electron chi connectivity index (χ1n) is 9.32. The number of rotatable bonds is 5. The van der Waals surface area contributed by atoms with E-state index in [0.717, 1.165) is 29.0 Å². The summed E-state index contributed by atoms with van der Waals surface area (Å²) in [5, 5.41) is 24.5. The van der Waals surface area contributed by atoms with Crippen molar-refractivity contribution >= 4 is 17.2 Å². The van der Waals surface area contributed by atoms with Crippen LogP contribution in [0.4, 0.5) is 4.39 Å². The van der Waals surface area contributed by atoms with E-state index >= 15 is 0 Å². The van der Waals surface area contributed by atoms with Crippen molar-refractivity contribution in [1.82, 2.24) is 10.6 Å². The molecule has 0 spiro atoms. The van der Waals surface area contributed by atoms with E-state index in [4.69, 9.17) is 5.26 Å². The average molecular weight is 394 g/mol. The van der Waals surface area contributed by atoms with E-state index in [1.165, 1.54) is 23.5 Å². The molecule has 1 aliphatic heterocycles. The summed E-state index contributed by atoms with van der Waals surface area (Å²) in [5.74, 6) is -0.260. The van der Waals surface area contributed by atoms with Crippen LogP contribution >= 0.6 is 11.3 Å². The van der Waals surface area contributed by atoms with Crippen molar-refractivity contribution in [2.24, 2.45) is 5.92 Å². The molecular weight excluding hydrogens is 375 g/mol. The summed E-state index contributed by atoms with van der Waals surface area (Å²) < 4.78 is 13.8. The number of benzene rings is 1.